The zero-order chi connectivity index (χ0) is 29.5. The fraction of sp³-hybridized carbons (Fsp3) is 0.133. The summed E-state index contributed by atoms with van der Waals surface area (Å²) >= 11 is 0. The molecule has 4 aromatic carbocycles. The van der Waals surface area contributed by atoms with Crippen molar-refractivity contribution in [2.24, 2.45) is 0 Å². The summed E-state index contributed by atoms with van der Waals surface area (Å²) in [5.41, 5.74) is 3.85. The number of aromatic nitrogens is 2. The fourth-order valence-corrected chi connectivity index (χ4v) is 7.65. The summed E-state index contributed by atoms with van der Waals surface area (Å²) < 4.78 is 70.2. The van der Waals surface area contributed by atoms with Crippen LogP contribution in [0.4, 0.5) is 4.39 Å². The van der Waals surface area contributed by atoms with Gasteiger partial charge < -0.3 is 4.98 Å². The van der Waals surface area contributed by atoms with Crippen LogP contribution in [0, 0.1) is 5.82 Å². The summed E-state index contributed by atoms with van der Waals surface area (Å²) in [7, 11) is -7.82. The standard InChI is InChI=1S/C30H25FN4O5S2/c31-23-12-15-25-26(17-23)33-30(32-25)27(16-19-6-8-22(9-7-19)28-18-29(36)35-42(28,39)40)34-41(37,38)24-13-10-21(11-14-24)20-4-2-1-3-5-20/h1-15,17,27-28,34H,16,18H2,(H,32,33)(H,35,36)/t27-,28?/m0/s1. The van der Waals surface area contributed by atoms with Crippen molar-refractivity contribution in [1.29, 1.82) is 0 Å². The summed E-state index contributed by atoms with van der Waals surface area (Å²) in [6.45, 7) is 0. The maximum Gasteiger partial charge on any atom is 0.242 e. The number of benzene rings is 4. The van der Waals surface area contributed by atoms with E-state index in [-0.39, 0.29) is 23.6 Å². The number of halogens is 1. The van der Waals surface area contributed by atoms with E-state index in [0.717, 1.165) is 11.1 Å². The maximum absolute atomic E-state index is 13.9. The van der Waals surface area contributed by atoms with Gasteiger partial charge in [0.1, 0.15) is 16.9 Å². The lowest BCUT2D eigenvalue weighted by Gasteiger charge is -2.18. The molecule has 5 aromatic rings. The van der Waals surface area contributed by atoms with E-state index in [0.29, 0.717) is 22.2 Å². The van der Waals surface area contributed by atoms with Gasteiger partial charge in [0, 0.05) is 0 Å². The van der Waals surface area contributed by atoms with Gasteiger partial charge in [-0.3, -0.25) is 9.52 Å². The number of aromatic amines is 1. The SMILES string of the molecule is O=C1CC(c2ccc(C[C@H](NS(=O)(=O)c3ccc(-c4ccccc4)cc3)c3nc4ccc(F)cc4[nH]3)cc2)S(=O)(=O)N1. The summed E-state index contributed by atoms with van der Waals surface area (Å²) in [6.07, 6.45) is -0.0127. The van der Waals surface area contributed by atoms with Crippen LogP contribution >= 0.6 is 0 Å². The highest BCUT2D eigenvalue weighted by Crippen LogP contribution is 2.31. The van der Waals surface area contributed by atoms with Gasteiger partial charge in [0.05, 0.1) is 28.4 Å². The average Bonchev–Trinajstić information content (AvgIpc) is 3.52. The number of nitrogens with zero attached hydrogens (tertiary/aromatic N) is 1. The number of sulfonamides is 2. The van der Waals surface area contributed by atoms with Crippen LogP contribution in [0.5, 0.6) is 0 Å². The molecule has 3 N–H and O–H groups in total. The van der Waals surface area contributed by atoms with Crippen molar-refractivity contribution < 1.29 is 26.0 Å². The Labute approximate surface area is 241 Å². The molecule has 1 amide bonds. The highest BCUT2D eigenvalue weighted by Gasteiger charge is 2.37. The van der Waals surface area contributed by atoms with Gasteiger partial charge in [-0.25, -0.2) is 30.9 Å². The second kappa shape index (κ2) is 10.8. The van der Waals surface area contributed by atoms with Crippen molar-refractivity contribution in [2.45, 2.75) is 29.0 Å². The van der Waals surface area contributed by atoms with Crippen molar-refractivity contribution in [2.75, 3.05) is 0 Å². The van der Waals surface area contributed by atoms with Crippen molar-refractivity contribution in [1.82, 2.24) is 19.4 Å². The molecule has 1 aliphatic heterocycles. The first-order chi connectivity index (χ1) is 20.1. The molecule has 6 rings (SSSR count). The first-order valence-electron chi connectivity index (χ1n) is 13.0. The van der Waals surface area contributed by atoms with Crippen LogP contribution in [-0.4, -0.2) is 32.7 Å². The number of H-pyrrole nitrogens is 1. The molecule has 1 aromatic heterocycles. The highest BCUT2D eigenvalue weighted by molar-refractivity contribution is 7.90. The predicted octanol–water partition coefficient (Wildman–Crippen LogP) is 4.52. The number of hydrogen-bond donors (Lipinski definition) is 3. The highest BCUT2D eigenvalue weighted by atomic mass is 32.2. The molecule has 2 heterocycles. The van der Waals surface area contributed by atoms with E-state index < -0.39 is 43.1 Å². The number of carbonyl (C=O) groups excluding carboxylic acids is 1. The third-order valence-electron chi connectivity index (χ3n) is 7.15. The maximum atomic E-state index is 13.9. The Kier molecular flexibility index (Phi) is 7.13. The normalized spacial score (nSPS) is 17.3. The smallest absolute Gasteiger partial charge is 0.242 e. The Morgan fingerprint density at radius 3 is 2.29 bits per heavy atom. The van der Waals surface area contributed by atoms with Crippen LogP contribution < -0.4 is 9.44 Å². The monoisotopic (exact) mass is 604 g/mol. The third-order valence-corrected chi connectivity index (χ3v) is 10.3. The van der Waals surface area contributed by atoms with Crippen LogP contribution in [0.3, 0.4) is 0 Å². The molecule has 42 heavy (non-hydrogen) atoms. The molecule has 12 heteroatoms. The summed E-state index contributed by atoms with van der Waals surface area (Å²) in [5, 5.41) is -0.988. The van der Waals surface area contributed by atoms with Gasteiger partial charge in [-0.2, -0.15) is 0 Å². The minimum absolute atomic E-state index is 0.0632. The lowest BCUT2D eigenvalue weighted by molar-refractivity contribution is -0.118. The fourth-order valence-electron chi connectivity index (χ4n) is 5.02. The number of amides is 1. The van der Waals surface area contributed by atoms with Gasteiger partial charge in [0.25, 0.3) is 0 Å². The van der Waals surface area contributed by atoms with Gasteiger partial charge >= 0.3 is 0 Å². The largest absolute Gasteiger partial charge is 0.341 e. The Morgan fingerprint density at radius 2 is 1.62 bits per heavy atom. The molecule has 0 radical (unpaired) electrons. The Hall–Kier alpha value is -4.39. The quantitative estimate of drug-likeness (QED) is 0.238. The second-order valence-electron chi connectivity index (χ2n) is 10.1. The molecule has 1 unspecified atom stereocenters. The number of imidazole rings is 1. The molecule has 1 saturated heterocycles. The van der Waals surface area contributed by atoms with Crippen LogP contribution in [0.2, 0.25) is 0 Å². The van der Waals surface area contributed by atoms with Crippen LogP contribution in [0.25, 0.3) is 22.2 Å². The van der Waals surface area contributed by atoms with Crippen LogP contribution in [0.1, 0.15) is 34.7 Å². The summed E-state index contributed by atoms with van der Waals surface area (Å²) in [6, 6.07) is 25.9. The Balaban J connectivity index is 1.30. The van der Waals surface area contributed by atoms with Gasteiger partial charge in [-0.1, -0.05) is 66.7 Å². The number of fused-ring (bicyclic) bond motifs is 1. The average molecular weight is 605 g/mol. The van der Waals surface area contributed by atoms with E-state index in [9.17, 15) is 26.0 Å². The van der Waals surface area contributed by atoms with Crippen molar-refractivity contribution in [3.63, 3.8) is 0 Å². The van der Waals surface area contributed by atoms with Gasteiger partial charge in [0.15, 0.2) is 0 Å². The van der Waals surface area contributed by atoms with E-state index in [1.54, 1.807) is 36.4 Å². The van der Waals surface area contributed by atoms with Crippen LogP contribution in [0.15, 0.2) is 102 Å². The van der Waals surface area contributed by atoms with Gasteiger partial charge in [-0.05, 0) is 59.0 Å². The molecule has 1 fully saturated rings. The molecule has 214 valence electrons. The van der Waals surface area contributed by atoms with Crippen molar-refractivity contribution >= 4 is 37.0 Å². The van der Waals surface area contributed by atoms with E-state index in [4.69, 9.17) is 0 Å². The van der Waals surface area contributed by atoms with Gasteiger partial charge in [-0.15, -0.1) is 0 Å². The lowest BCUT2D eigenvalue weighted by atomic mass is 10.0. The van der Waals surface area contributed by atoms with E-state index >= 15 is 0 Å². The molecule has 1 aliphatic rings. The van der Waals surface area contributed by atoms with E-state index in [1.807, 2.05) is 35.1 Å². The number of rotatable bonds is 8. The number of hydrogen-bond acceptors (Lipinski definition) is 6. The zero-order valence-corrected chi connectivity index (χ0v) is 23.6. The Bertz CT molecular complexity index is 1990. The zero-order valence-electron chi connectivity index (χ0n) is 22.0. The number of carbonyl (C=O) groups is 1. The lowest BCUT2D eigenvalue weighted by Crippen LogP contribution is -2.31. The Morgan fingerprint density at radius 1 is 0.929 bits per heavy atom. The molecule has 2 atom stereocenters. The summed E-state index contributed by atoms with van der Waals surface area (Å²) in [5.74, 6) is -0.729. The first kappa shape index (κ1) is 27.8. The molecule has 0 spiro atoms. The van der Waals surface area contributed by atoms with Crippen molar-refractivity contribution in [3.8, 4) is 11.1 Å². The van der Waals surface area contributed by atoms with Gasteiger partial charge in [0.2, 0.25) is 26.0 Å². The minimum atomic E-state index is -4.02. The molecule has 9 nitrogen and oxygen atoms in total. The molecular weight excluding hydrogens is 579 g/mol. The first-order valence-corrected chi connectivity index (χ1v) is 16.1. The van der Waals surface area contributed by atoms with Crippen molar-refractivity contribution in [3.05, 3.63) is 120 Å². The topological polar surface area (TPSA) is 138 Å². The molecule has 0 bridgehead atoms. The van der Waals surface area contributed by atoms with E-state index in [1.165, 1.54) is 30.3 Å². The predicted molar refractivity (Wildman–Crippen MR) is 156 cm³/mol. The molecule has 0 aliphatic carbocycles. The minimum Gasteiger partial charge on any atom is -0.341 e. The second-order valence-corrected chi connectivity index (χ2v) is 13.6. The summed E-state index contributed by atoms with van der Waals surface area (Å²) in [4.78, 5) is 19.3. The number of nitrogens with one attached hydrogen (secondary N) is 3. The molecule has 0 saturated carbocycles. The van der Waals surface area contributed by atoms with Crippen LogP contribution in [-0.2, 0) is 31.3 Å². The molecular formula is C30H25FN4O5S2. The van der Waals surface area contributed by atoms with E-state index in [2.05, 4.69) is 14.7 Å². The third kappa shape index (κ3) is 5.69.